The first-order valence-corrected chi connectivity index (χ1v) is 8.22. The number of carboxylic acid groups (broad SMARTS) is 1. The van der Waals surface area contributed by atoms with E-state index in [1.165, 1.54) is 12.1 Å². The lowest BCUT2D eigenvalue weighted by molar-refractivity contribution is -0.274. The van der Waals surface area contributed by atoms with Crippen molar-refractivity contribution in [1.82, 2.24) is 0 Å². The number of benzene rings is 1. The summed E-state index contributed by atoms with van der Waals surface area (Å²) < 4.78 is 40.4. The average Bonchev–Trinajstić information content (AvgIpc) is 2.55. The predicted molar refractivity (Wildman–Crippen MR) is 88.4 cm³/mol. The van der Waals surface area contributed by atoms with E-state index in [0.29, 0.717) is 5.57 Å². The minimum atomic E-state index is -4.69. The van der Waals surface area contributed by atoms with Gasteiger partial charge in [0, 0.05) is 5.57 Å². The first-order valence-electron chi connectivity index (χ1n) is 8.22. The van der Waals surface area contributed by atoms with Crippen molar-refractivity contribution < 1.29 is 27.8 Å². The van der Waals surface area contributed by atoms with E-state index in [0.717, 1.165) is 31.2 Å². The summed E-state index contributed by atoms with van der Waals surface area (Å²) >= 11 is 0. The van der Waals surface area contributed by atoms with Gasteiger partial charge in [0.2, 0.25) is 0 Å². The topological polar surface area (TPSA) is 46.5 Å². The van der Waals surface area contributed by atoms with E-state index in [9.17, 15) is 23.1 Å². The van der Waals surface area contributed by atoms with Crippen LogP contribution in [0.4, 0.5) is 13.2 Å². The molecule has 0 bridgehead atoms. The molecule has 0 unspecified atom stereocenters. The number of hydrogen-bond donors (Lipinski definition) is 1. The van der Waals surface area contributed by atoms with Gasteiger partial charge in [-0.2, -0.15) is 0 Å². The van der Waals surface area contributed by atoms with Crippen molar-refractivity contribution in [2.75, 3.05) is 0 Å². The van der Waals surface area contributed by atoms with E-state index in [4.69, 9.17) is 0 Å². The van der Waals surface area contributed by atoms with Gasteiger partial charge in [-0.05, 0) is 62.1 Å². The number of aliphatic carboxylic acids is 1. The molecule has 0 radical (unpaired) electrons. The summed E-state index contributed by atoms with van der Waals surface area (Å²) in [6.07, 6.45) is 3.61. The van der Waals surface area contributed by atoms with Gasteiger partial charge in [-0.15, -0.1) is 13.2 Å². The van der Waals surface area contributed by atoms with Gasteiger partial charge in [0.25, 0.3) is 0 Å². The molecule has 0 atom stereocenters. The molecule has 25 heavy (non-hydrogen) atoms. The second-order valence-electron chi connectivity index (χ2n) is 6.12. The normalized spacial score (nSPS) is 22.2. The molecule has 0 spiro atoms. The maximum absolute atomic E-state index is 12.2. The zero-order valence-electron chi connectivity index (χ0n) is 13.9. The maximum atomic E-state index is 12.2. The first kappa shape index (κ1) is 19.1. The lowest BCUT2D eigenvalue weighted by atomic mass is 9.76. The first-order chi connectivity index (χ1) is 11.8. The Morgan fingerprint density at radius 2 is 1.76 bits per heavy atom. The lowest BCUT2D eigenvalue weighted by Gasteiger charge is -2.29. The number of allylic oxidation sites excluding steroid dienone is 3. The number of carbonyl (C=O) groups is 1. The van der Waals surface area contributed by atoms with Crippen LogP contribution in [0.25, 0.3) is 0 Å². The Kier molecular flexibility index (Phi) is 6.28. The number of carboxylic acids is 1. The molecule has 0 amide bonds. The van der Waals surface area contributed by atoms with Crippen LogP contribution in [-0.2, 0) is 4.79 Å². The Morgan fingerprint density at radius 3 is 2.24 bits per heavy atom. The summed E-state index contributed by atoms with van der Waals surface area (Å²) in [6, 6.07) is 5.95. The van der Waals surface area contributed by atoms with Crippen molar-refractivity contribution in [2.24, 2.45) is 5.92 Å². The third kappa shape index (κ3) is 5.66. The lowest BCUT2D eigenvalue weighted by Crippen LogP contribution is -2.19. The highest BCUT2D eigenvalue weighted by Crippen LogP contribution is 2.39. The van der Waals surface area contributed by atoms with E-state index in [1.54, 1.807) is 30.4 Å². The fraction of sp³-hybridized carbons (Fsp3) is 0.421. The van der Waals surface area contributed by atoms with Gasteiger partial charge in [0.05, 0.1) is 0 Å². The molecule has 0 aromatic heterocycles. The van der Waals surface area contributed by atoms with Crippen molar-refractivity contribution in [3.63, 3.8) is 0 Å². The van der Waals surface area contributed by atoms with E-state index in [1.807, 2.05) is 6.92 Å². The molecule has 6 heteroatoms. The largest absolute Gasteiger partial charge is 0.573 e. The molecule has 0 aliphatic heterocycles. The molecule has 1 fully saturated rings. The van der Waals surface area contributed by atoms with Crippen molar-refractivity contribution >= 4 is 5.97 Å². The molecule has 1 aromatic rings. The molecular formula is C19H21F3O3. The van der Waals surface area contributed by atoms with Gasteiger partial charge in [-0.25, -0.2) is 4.79 Å². The van der Waals surface area contributed by atoms with Crippen LogP contribution >= 0.6 is 0 Å². The monoisotopic (exact) mass is 354 g/mol. The fourth-order valence-electron chi connectivity index (χ4n) is 3.26. The summed E-state index contributed by atoms with van der Waals surface area (Å²) in [6.45, 7) is 1.83. The van der Waals surface area contributed by atoms with E-state index in [2.05, 4.69) is 4.74 Å². The number of halogens is 3. The Morgan fingerprint density at radius 1 is 1.16 bits per heavy atom. The summed E-state index contributed by atoms with van der Waals surface area (Å²) in [5.41, 5.74) is 1.38. The molecule has 1 N–H and O–H groups in total. The molecule has 1 saturated carbocycles. The van der Waals surface area contributed by atoms with Crippen molar-refractivity contribution in [1.29, 1.82) is 0 Å². The Bertz CT molecular complexity index is 637. The Labute approximate surface area is 144 Å². The van der Waals surface area contributed by atoms with E-state index < -0.39 is 12.3 Å². The smallest absolute Gasteiger partial charge is 0.478 e. The fourth-order valence-corrected chi connectivity index (χ4v) is 3.26. The van der Waals surface area contributed by atoms with Crippen molar-refractivity contribution in [3.8, 4) is 5.75 Å². The van der Waals surface area contributed by atoms with Gasteiger partial charge in [0.15, 0.2) is 0 Å². The van der Waals surface area contributed by atoms with Crippen molar-refractivity contribution in [2.45, 2.75) is 44.9 Å². The Hall–Kier alpha value is -2.24. The third-order valence-electron chi connectivity index (χ3n) is 4.47. The van der Waals surface area contributed by atoms with Gasteiger partial charge >= 0.3 is 12.3 Å². The van der Waals surface area contributed by atoms with Crippen LogP contribution in [0, 0.1) is 5.92 Å². The second-order valence-corrected chi connectivity index (χ2v) is 6.12. The number of alkyl halides is 3. The molecule has 0 heterocycles. The predicted octanol–water partition coefficient (Wildman–Crippen LogP) is 5.45. The standard InChI is InChI=1S/C19H21F3O3/c1-2-3-4-17(18(23)24)15-7-5-13(6-8-15)14-9-11-16(12-10-14)25-19(20,21)22/h2-4,9-13,15H,5-8H2,1H3,(H,23,24). The van der Waals surface area contributed by atoms with Crippen LogP contribution < -0.4 is 4.74 Å². The van der Waals surface area contributed by atoms with Crippen LogP contribution in [0.1, 0.15) is 44.1 Å². The van der Waals surface area contributed by atoms with Crippen LogP contribution in [-0.4, -0.2) is 17.4 Å². The Balaban J connectivity index is 1.98. The van der Waals surface area contributed by atoms with Gasteiger partial charge in [-0.1, -0.05) is 30.4 Å². The van der Waals surface area contributed by atoms with E-state index in [-0.39, 0.29) is 17.6 Å². The summed E-state index contributed by atoms with van der Waals surface area (Å²) in [5, 5.41) is 9.35. The van der Waals surface area contributed by atoms with Crippen LogP contribution in [0.15, 0.2) is 48.1 Å². The third-order valence-corrected chi connectivity index (χ3v) is 4.47. The van der Waals surface area contributed by atoms with Gasteiger partial charge in [-0.3, -0.25) is 0 Å². The maximum Gasteiger partial charge on any atom is 0.573 e. The second kappa shape index (κ2) is 8.23. The highest BCUT2D eigenvalue weighted by molar-refractivity contribution is 5.87. The van der Waals surface area contributed by atoms with Crippen LogP contribution in [0.3, 0.4) is 0 Å². The molecule has 1 aliphatic rings. The molecule has 2 rings (SSSR count). The number of ether oxygens (including phenoxy) is 1. The summed E-state index contributed by atoms with van der Waals surface area (Å²) in [7, 11) is 0. The van der Waals surface area contributed by atoms with Gasteiger partial charge in [0.1, 0.15) is 5.75 Å². The highest BCUT2D eigenvalue weighted by Gasteiger charge is 2.31. The molecule has 1 aliphatic carbocycles. The van der Waals surface area contributed by atoms with Gasteiger partial charge < -0.3 is 9.84 Å². The average molecular weight is 354 g/mol. The van der Waals surface area contributed by atoms with Crippen LogP contribution in [0.2, 0.25) is 0 Å². The number of hydrogen-bond acceptors (Lipinski definition) is 2. The SMILES string of the molecule is CC=CC=C(C(=O)O)C1CCC(c2ccc(OC(F)(F)F)cc2)CC1. The zero-order valence-corrected chi connectivity index (χ0v) is 13.9. The quantitative estimate of drug-likeness (QED) is 0.565. The minimum Gasteiger partial charge on any atom is -0.478 e. The molecule has 136 valence electrons. The molecule has 1 aromatic carbocycles. The van der Waals surface area contributed by atoms with Crippen LogP contribution in [0.5, 0.6) is 5.75 Å². The van der Waals surface area contributed by atoms with E-state index >= 15 is 0 Å². The zero-order chi connectivity index (χ0) is 18.4. The molecule has 0 saturated heterocycles. The minimum absolute atomic E-state index is 0.0118. The summed E-state index contributed by atoms with van der Waals surface area (Å²) in [4.78, 5) is 11.4. The van der Waals surface area contributed by atoms with Crippen molar-refractivity contribution in [3.05, 3.63) is 53.6 Å². The molecular weight excluding hydrogens is 333 g/mol. The molecule has 3 nitrogen and oxygen atoms in total. The number of rotatable bonds is 5. The highest BCUT2D eigenvalue weighted by atomic mass is 19.4. The summed E-state index contributed by atoms with van der Waals surface area (Å²) in [5.74, 6) is -0.881.